The van der Waals surface area contributed by atoms with Crippen LogP contribution < -0.4 is 0 Å². The van der Waals surface area contributed by atoms with Crippen molar-refractivity contribution in [3.05, 3.63) is 64.9 Å². The molecule has 0 saturated carbocycles. The highest BCUT2D eigenvalue weighted by Gasteiger charge is 2.16. The molecule has 0 saturated heterocycles. The van der Waals surface area contributed by atoms with Crippen LogP contribution in [0.2, 0.25) is 5.02 Å². The molecule has 0 aliphatic rings. The van der Waals surface area contributed by atoms with Gasteiger partial charge in [0.1, 0.15) is 5.82 Å². The molecular weight excluding hydrogens is 349 g/mol. The van der Waals surface area contributed by atoms with E-state index < -0.39 is 5.82 Å². The lowest BCUT2D eigenvalue weighted by atomic mass is 10.1. The number of carbonyl (C=O) groups excluding carboxylic acids is 1. The first-order valence-corrected chi connectivity index (χ1v) is 8.49. The minimum Gasteiger partial charge on any atom is -0.305 e. The Hall–Kier alpha value is -2.18. The smallest absolute Gasteiger partial charge is 0.191 e. The van der Waals surface area contributed by atoms with E-state index in [1.165, 1.54) is 23.9 Å². The molecule has 122 valence electrons. The van der Waals surface area contributed by atoms with Crippen LogP contribution in [0.25, 0.3) is 11.4 Å². The second-order valence-corrected chi connectivity index (χ2v) is 6.39. The number of halogens is 2. The van der Waals surface area contributed by atoms with Crippen LogP contribution in [0.3, 0.4) is 0 Å². The van der Waals surface area contributed by atoms with Gasteiger partial charge in [-0.25, -0.2) is 4.39 Å². The molecule has 0 spiro atoms. The van der Waals surface area contributed by atoms with Gasteiger partial charge in [-0.1, -0.05) is 47.6 Å². The summed E-state index contributed by atoms with van der Waals surface area (Å²) in [6.45, 7) is 0. The number of thioether (sulfide) groups is 1. The Bertz CT molecular complexity index is 897. The van der Waals surface area contributed by atoms with E-state index in [0.717, 1.165) is 5.56 Å². The zero-order valence-electron chi connectivity index (χ0n) is 12.7. The summed E-state index contributed by atoms with van der Waals surface area (Å²) in [7, 11) is 1.80. The van der Waals surface area contributed by atoms with Gasteiger partial charge >= 0.3 is 0 Å². The van der Waals surface area contributed by atoms with Crippen LogP contribution in [-0.4, -0.2) is 26.3 Å². The van der Waals surface area contributed by atoms with E-state index in [1.807, 2.05) is 18.2 Å². The Morgan fingerprint density at radius 2 is 1.88 bits per heavy atom. The van der Waals surface area contributed by atoms with Gasteiger partial charge in [-0.05, 0) is 24.3 Å². The van der Waals surface area contributed by atoms with E-state index in [0.29, 0.717) is 16.0 Å². The summed E-state index contributed by atoms with van der Waals surface area (Å²) in [5, 5.41) is 9.37. The molecule has 0 amide bonds. The van der Waals surface area contributed by atoms with Gasteiger partial charge in [0.2, 0.25) is 0 Å². The maximum atomic E-state index is 13.6. The summed E-state index contributed by atoms with van der Waals surface area (Å²) in [5.74, 6) is -0.116. The fourth-order valence-corrected chi connectivity index (χ4v) is 3.23. The SMILES string of the molecule is Cn1c(SCC(=O)c2ccccc2F)nnc1-c1ccccc1Cl. The van der Waals surface area contributed by atoms with Crippen molar-refractivity contribution in [3.63, 3.8) is 0 Å². The Kier molecular flexibility index (Phi) is 4.97. The second-order valence-electron chi connectivity index (χ2n) is 5.04. The largest absolute Gasteiger partial charge is 0.305 e. The van der Waals surface area contributed by atoms with Crippen molar-refractivity contribution in [2.75, 3.05) is 5.75 Å². The third kappa shape index (κ3) is 3.34. The van der Waals surface area contributed by atoms with Crippen molar-refractivity contribution in [2.24, 2.45) is 7.05 Å². The van der Waals surface area contributed by atoms with Gasteiger partial charge in [0.05, 0.1) is 16.3 Å². The first-order valence-electron chi connectivity index (χ1n) is 7.12. The van der Waals surface area contributed by atoms with E-state index >= 15 is 0 Å². The first-order chi connectivity index (χ1) is 11.6. The molecule has 3 aromatic rings. The molecule has 3 rings (SSSR count). The monoisotopic (exact) mass is 361 g/mol. The molecule has 7 heteroatoms. The molecule has 1 heterocycles. The van der Waals surface area contributed by atoms with Gasteiger partial charge in [-0.15, -0.1) is 10.2 Å². The average Bonchev–Trinajstić information content (AvgIpc) is 2.94. The van der Waals surface area contributed by atoms with Crippen LogP contribution in [0.5, 0.6) is 0 Å². The van der Waals surface area contributed by atoms with Crippen LogP contribution in [0.15, 0.2) is 53.7 Å². The molecule has 0 atom stereocenters. The minimum atomic E-state index is -0.516. The van der Waals surface area contributed by atoms with Crippen LogP contribution in [-0.2, 0) is 7.05 Å². The highest BCUT2D eigenvalue weighted by Crippen LogP contribution is 2.28. The van der Waals surface area contributed by atoms with Crippen LogP contribution in [0.1, 0.15) is 10.4 Å². The average molecular weight is 362 g/mol. The lowest BCUT2D eigenvalue weighted by Gasteiger charge is -2.05. The van der Waals surface area contributed by atoms with E-state index in [1.54, 1.807) is 29.8 Å². The number of hydrogen-bond acceptors (Lipinski definition) is 4. The first kappa shape index (κ1) is 16.7. The standard InChI is InChI=1S/C17H13ClFN3OS/c1-22-16(11-6-2-4-8-13(11)18)20-21-17(22)24-10-15(23)12-7-3-5-9-14(12)19/h2-9H,10H2,1H3. The zero-order valence-corrected chi connectivity index (χ0v) is 14.3. The van der Waals surface area contributed by atoms with Crippen molar-refractivity contribution in [1.82, 2.24) is 14.8 Å². The summed E-state index contributed by atoms with van der Waals surface area (Å²) < 4.78 is 15.4. The number of hydrogen-bond donors (Lipinski definition) is 0. The van der Waals surface area contributed by atoms with Gasteiger partial charge in [-0.2, -0.15) is 0 Å². The fourth-order valence-electron chi connectivity index (χ4n) is 2.21. The maximum Gasteiger partial charge on any atom is 0.191 e. The minimum absolute atomic E-state index is 0.0788. The maximum absolute atomic E-state index is 13.6. The van der Waals surface area contributed by atoms with E-state index in [4.69, 9.17) is 11.6 Å². The van der Waals surface area contributed by atoms with Crippen molar-refractivity contribution >= 4 is 29.1 Å². The van der Waals surface area contributed by atoms with Crippen molar-refractivity contribution in [3.8, 4) is 11.4 Å². The number of carbonyl (C=O) groups is 1. The van der Waals surface area contributed by atoms with Gasteiger partial charge in [-0.3, -0.25) is 4.79 Å². The molecule has 0 fully saturated rings. The Morgan fingerprint density at radius 1 is 1.17 bits per heavy atom. The number of ketones is 1. The number of aromatic nitrogens is 3. The van der Waals surface area contributed by atoms with E-state index in [-0.39, 0.29) is 17.1 Å². The highest BCUT2D eigenvalue weighted by atomic mass is 35.5. The molecule has 1 aromatic heterocycles. The summed E-state index contributed by atoms with van der Waals surface area (Å²) in [5.41, 5.74) is 0.847. The molecule has 0 aliphatic carbocycles. The topological polar surface area (TPSA) is 47.8 Å². The summed E-state index contributed by atoms with van der Waals surface area (Å²) in [4.78, 5) is 12.1. The van der Waals surface area contributed by atoms with Gasteiger partial charge < -0.3 is 4.57 Å². The van der Waals surface area contributed by atoms with Crippen LogP contribution >= 0.6 is 23.4 Å². The molecule has 24 heavy (non-hydrogen) atoms. The van der Waals surface area contributed by atoms with E-state index in [9.17, 15) is 9.18 Å². The number of benzene rings is 2. The Labute approximate surface area is 147 Å². The fraction of sp³-hybridized carbons (Fsp3) is 0.118. The number of nitrogens with zero attached hydrogens (tertiary/aromatic N) is 3. The molecule has 0 aliphatic heterocycles. The van der Waals surface area contributed by atoms with Crippen molar-refractivity contribution in [2.45, 2.75) is 5.16 Å². The van der Waals surface area contributed by atoms with Crippen molar-refractivity contribution in [1.29, 1.82) is 0 Å². The third-order valence-corrected chi connectivity index (χ3v) is 4.81. The highest BCUT2D eigenvalue weighted by molar-refractivity contribution is 7.99. The molecule has 2 aromatic carbocycles. The summed E-state index contributed by atoms with van der Waals surface area (Å²) >= 11 is 7.39. The molecule has 0 unspecified atom stereocenters. The lowest BCUT2D eigenvalue weighted by molar-refractivity contribution is 0.101. The number of Topliss-reactive ketones (excluding diaryl/α,β-unsaturated/α-hetero) is 1. The molecule has 0 bridgehead atoms. The van der Waals surface area contributed by atoms with Crippen molar-refractivity contribution < 1.29 is 9.18 Å². The van der Waals surface area contributed by atoms with Gasteiger partial charge in [0.15, 0.2) is 16.8 Å². The van der Waals surface area contributed by atoms with E-state index in [2.05, 4.69) is 10.2 Å². The normalized spacial score (nSPS) is 10.8. The second kappa shape index (κ2) is 7.15. The molecule has 0 radical (unpaired) electrons. The lowest BCUT2D eigenvalue weighted by Crippen LogP contribution is -2.06. The summed E-state index contributed by atoms with van der Waals surface area (Å²) in [6, 6.07) is 13.3. The molecule has 0 N–H and O–H groups in total. The quantitative estimate of drug-likeness (QED) is 0.503. The van der Waals surface area contributed by atoms with Crippen LogP contribution in [0.4, 0.5) is 4.39 Å². The predicted octanol–water partition coefficient (Wildman–Crippen LogP) is 4.25. The molecular formula is C17H13ClFN3OS. The van der Waals surface area contributed by atoms with Gasteiger partial charge in [0, 0.05) is 12.6 Å². The van der Waals surface area contributed by atoms with Gasteiger partial charge in [0.25, 0.3) is 0 Å². The Morgan fingerprint density at radius 3 is 2.62 bits per heavy atom. The molecule has 4 nitrogen and oxygen atoms in total. The van der Waals surface area contributed by atoms with Crippen LogP contribution in [0, 0.1) is 5.82 Å². The predicted molar refractivity (Wildman–Crippen MR) is 92.9 cm³/mol. The summed E-state index contributed by atoms with van der Waals surface area (Å²) in [6.07, 6.45) is 0. The Balaban J connectivity index is 1.77. The third-order valence-electron chi connectivity index (χ3n) is 3.46. The number of rotatable bonds is 5. The zero-order chi connectivity index (χ0) is 17.1.